The fourth-order valence-electron chi connectivity index (χ4n) is 2.39. The molecule has 144 valence electrons. The molecule has 3 rings (SSSR count). The number of aromatic nitrogens is 4. The van der Waals surface area contributed by atoms with Crippen molar-refractivity contribution in [2.45, 2.75) is 12.1 Å². The van der Waals surface area contributed by atoms with Gasteiger partial charge in [-0.15, -0.1) is 5.10 Å². The molecule has 0 spiro atoms. The molecule has 0 atom stereocenters. The van der Waals surface area contributed by atoms with E-state index in [2.05, 4.69) is 20.8 Å². The second-order valence-electron chi connectivity index (χ2n) is 5.69. The van der Waals surface area contributed by atoms with Gasteiger partial charge in [-0.1, -0.05) is 41.6 Å². The topological polar surface area (TPSA) is 99.0 Å². The van der Waals surface area contributed by atoms with Gasteiger partial charge in [-0.05, 0) is 47.2 Å². The van der Waals surface area contributed by atoms with Crippen molar-refractivity contribution in [1.29, 1.82) is 0 Å². The summed E-state index contributed by atoms with van der Waals surface area (Å²) in [6.07, 6.45) is 0. The Hall–Kier alpha value is -2.91. The molecule has 1 N–H and O–H groups in total. The van der Waals surface area contributed by atoms with Gasteiger partial charge in [-0.3, -0.25) is 14.9 Å². The molecule has 0 saturated carbocycles. The molecule has 10 heteroatoms. The fourth-order valence-corrected chi connectivity index (χ4v) is 3.30. The smallest absolute Gasteiger partial charge is 0.259 e. The third kappa shape index (κ3) is 4.49. The van der Waals surface area contributed by atoms with Crippen LogP contribution in [0.15, 0.2) is 47.6 Å². The molecule has 0 radical (unpaired) electrons. The van der Waals surface area contributed by atoms with Crippen molar-refractivity contribution in [3.05, 3.63) is 58.6 Å². The van der Waals surface area contributed by atoms with E-state index in [1.54, 1.807) is 31.4 Å². The lowest BCUT2D eigenvalue weighted by Gasteiger charge is -2.10. The number of hydrogen-bond donors (Lipinski definition) is 1. The Balaban J connectivity index is 1.69. The summed E-state index contributed by atoms with van der Waals surface area (Å²) in [6, 6.07) is 12.1. The Bertz CT molecular complexity index is 1020. The van der Waals surface area contributed by atoms with Crippen LogP contribution < -0.4 is 10.1 Å². The van der Waals surface area contributed by atoms with E-state index >= 15 is 0 Å². The Kier molecular flexibility index (Phi) is 6.27. The van der Waals surface area contributed by atoms with E-state index in [4.69, 9.17) is 16.3 Å². The molecule has 1 heterocycles. The summed E-state index contributed by atoms with van der Waals surface area (Å²) in [5.41, 5.74) is 1.89. The summed E-state index contributed by atoms with van der Waals surface area (Å²) in [7, 11) is 1.55. The Morgan fingerprint density at radius 2 is 2.04 bits per heavy atom. The molecule has 0 aliphatic carbocycles. The van der Waals surface area contributed by atoms with Crippen molar-refractivity contribution in [2.75, 3.05) is 12.9 Å². The maximum Gasteiger partial charge on any atom is 0.259 e. The van der Waals surface area contributed by atoms with Crippen LogP contribution in [0.2, 0.25) is 5.02 Å². The summed E-state index contributed by atoms with van der Waals surface area (Å²) in [6.45, 7) is 1.94. The Labute approximate surface area is 170 Å². The zero-order valence-corrected chi connectivity index (χ0v) is 16.6. The predicted octanol–water partition coefficient (Wildman–Crippen LogP) is 2.68. The maximum absolute atomic E-state index is 12.2. The van der Waals surface area contributed by atoms with Crippen LogP contribution in [-0.4, -0.2) is 44.9 Å². The first-order valence-corrected chi connectivity index (χ1v) is 9.51. The lowest BCUT2D eigenvalue weighted by Crippen LogP contribution is -2.32. The molecule has 0 saturated heterocycles. The van der Waals surface area contributed by atoms with Crippen LogP contribution in [0.4, 0.5) is 0 Å². The van der Waals surface area contributed by atoms with Gasteiger partial charge in [0.05, 0.1) is 23.4 Å². The normalized spacial score (nSPS) is 10.5. The molecule has 0 aliphatic heterocycles. The monoisotopic (exact) mass is 417 g/mol. The van der Waals surface area contributed by atoms with Gasteiger partial charge in [-0.2, -0.15) is 4.68 Å². The minimum atomic E-state index is -0.559. The molecule has 28 heavy (non-hydrogen) atoms. The Morgan fingerprint density at radius 1 is 1.25 bits per heavy atom. The van der Waals surface area contributed by atoms with Gasteiger partial charge < -0.3 is 4.74 Å². The third-order valence-electron chi connectivity index (χ3n) is 3.71. The molecule has 8 nitrogen and oxygen atoms in total. The predicted molar refractivity (Wildman–Crippen MR) is 105 cm³/mol. The highest BCUT2D eigenvalue weighted by molar-refractivity contribution is 7.99. The van der Waals surface area contributed by atoms with Crippen LogP contribution in [-0.2, 0) is 4.79 Å². The maximum atomic E-state index is 12.2. The molecule has 2 amide bonds. The van der Waals surface area contributed by atoms with Crippen LogP contribution in [0.5, 0.6) is 5.75 Å². The number of carbonyl (C=O) groups excluding carboxylic acids is 2. The number of amides is 2. The average molecular weight is 418 g/mol. The standard InChI is InChI=1S/C18H16ClN5O3S/c1-11-7-8-15(27-2)14(9-11)24-18(21-22-23-24)28-10-16(25)20-17(26)12-5-3-4-6-13(12)19/h3-9H,10H2,1-2H3,(H,20,25,26). The van der Waals surface area contributed by atoms with E-state index in [-0.39, 0.29) is 16.3 Å². The average Bonchev–Trinajstić information content (AvgIpc) is 3.15. The van der Waals surface area contributed by atoms with Gasteiger partial charge in [0.15, 0.2) is 0 Å². The van der Waals surface area contributed by atoms with Crippen molar-refractivity contribution >= 4 is 35.2 Å². The molecule has 2 aromatic carbocycles. The highest BCUT2D eigenvalue weighted by Gasteiger charge is 2.17. The number of nitrogens with zero attached hydrogens (tertiary/aromatic N) is 4. The van der Waals surface area contributed by atoms with Gasteiger partial charge in [-0.25, -0.2) is 0 Å². The number of tetrazole rings is 1. The summed E-state index contributed by atoms with van der Waals surface area (Å²) in [5.74, 6) is -0.500. The molecular weight excluding hydrogens is 402 g/mol. The van der Waals surface area contributed by atoms with Crippen LogP contribution in [0.1, 0.15) is 15.9 Å². The second kappa shape index (κ2) is 8.85. The molecule has 0 unspecified atom stereocenters. The summed E-state index contributed by atoms with van der Waals surface area (Å²) in [5, 5.41) is 14.6. The van der Waals surface area contributed by atoms with Gasteiger partial charge in [0, 0.05) is 0 Å². The highest BCUT2D eigenvalue weighted by Crippen LogP contribution is 2.26. The first-order valence-electron chi connectivity index (χ1n) is 8.14. The first kappa shape index (κ1) is 19.8. The van der Waals surface area contributed by atoms with Gasteiger partial charge in [0.2, 0.25) is 11.1 Å². The minimum absolute atomic E-state index is 0.0509. The van der Waals surface area contributed by atoms with E-state index in [0.29, 0.717) is 16.6 Å². The molecule has 0 aliphatic rings. The number of aryl methyl sites for hydroxylation is 1. The number of thioether (sulfide) groups is 1. The highest BCUT2D eigenvalue weighted by atomic mass is 35.5. The first-order chi connectivity index (χ1) is 13.5. The van der Waals surface area contributed by atoms with Crippen molar-refractivity contribution < 1.29 is 14.3 Å². The SMILES string of the molecule is COc1ccc(C)cc1-n1nnnc1SCC(=O)NC(=O)c1ccccc1Cl. The number of carbonyl (C=O) groups is 2. The van der Waals surface area contributed by atoms with E-state index in [1.807, 2.05) is 25.1 Å². The second-order valence-corrected chi connectivity index (χ2v) is 7.04. The van der Waals surface area contributed by atoms with Crippen molar-refractivity contribution in [2.24, 2.45) is 0 Å². The number of hydrogen-bond acceptors (Lipinski definition) is 7. The molecule has 0 bridgehead atoms. The zero-order chi connectivity index (χ0) is 20.1. The number of halogens is 1. The van der Waals surface area contributed by atoms with Gasteiger partial charge >= 0.3 is 0 Å². The van der Waals surface area contributed by atoms with E-state index in [9.17, 15) is 9.59 Å². The van der Waals surface area contributed by atoms with E-state index < -0.39 is 11.8 Å². The Morgan fingerprint density at radius 3 is 2.79 bits per heavy atom. The summed E-state index contributed by atoms with van der Waals surface area (Å²) < 4.78 is 6.84. The van der Waals surface area contributed by atoms with Crippen LogP contribution in [0.3, 0.4) is 0 Å². The minimum Gasteiger partial charge on any atom is -0.494 e. The van der Waals surface area contributed by atoms with Crippen LogP contribution >= 0.6 is 23.4 Å². The van der Waals surface area contributed by atoms with Gasteiger partial charge in [0.25, 0.3) is 5.91 Å². The fraction of sp³-hybridized carbons (Fsp3) is 0.167. The third-order valence-corrected chi connectivity index (χ3v) is 4.96. The van der Waals surface area contributed by atoms with E-state index in [0.717, 1.165) is 17.3 Å². The summed E-state index contributed by atoms with van der Waals surface area (Å²) in [4.78, 5) is 24.3. The number of imide groups is 1. The molecule has 3 aromatic rings. The van der Waals surface area contributed by atoms with Crippen LogP contribution in [0, 0.1) is 6.92 Å². The number of methoxy groups -OCH3 is 1. The lowest BCUT2D eigenvalue weighted by atomic mass is 10.2. The largest absolute Gasteiger partial charge is 0.494 e. The quantitative estimate of drug-likeness (QED) is 0.615. The van der Waals surface area contributed by atoms with Crippen molar-refractivity contribution in [3.63, 3.8) is 0 Å². The number of benzene rings is 2. The number of ether oxygens (including phenoxy) is 1. The lowest BCUT2D eigenvalue weighted by molar-refractivity contribution is -0.117. The molecule has 1 aromatic heterocycles. The van der Waals surface area contributed by atoms with E-state index in [1.165, 1.54) is 4.68 Å². The van der Waals surface area contributed by atoms with Crippen molar-refractivity contribution in [1.82, 2.24) is 25.5 Å². The van der Waals surface area contributed by atoms with Crippen LogP contribution in [0.25, 0.3) is 5.69 Å². The molecular formula is C18H16ClN5O3S. The summed E-state index contributed by atoms with van der Waals surface area (Å²) >= 11 is 7.07. The van der Waals surface area contributed by atoms with Gasteiger partial charge in [0.1, 0.15) is 11.4 Å². The number of nitrogens with one attached hydrogen (secondary N) is 1. The van der Waals surface area contributed by atoms with Crippen molar-refractivity contribution in [3.8, 4) is 11.4 Å². The molecule has 0 fully saturated rings. The number of rotatable bonds is 6. The zero-order valence-electron chi connectivity index (χ0n) is 15.0.